The number of hydrogen-bond acceptors (Lipinski definition) is 5. The zero-order valence-electron chi connectivity index (χ0n) is 13.3. The van der Waals surface area contributed by atoms with E-state index in [9.17, 15) is 9.90 Å². The molecule has 6 nitrogen and oxygen atoms in total. The largest absolute Gasteiger partial charge is 0.393 e. The van der Waals surface area contributed by atoms with Crippen LogP contribution >= 0.6 is 0 Å². The highest BCUT2D eigenvalue weighted by Crippen LogP contribution is 2.18. The van der Waals surface area contributed by atoms with E-state index in [1.54, 1.807) is 0 Å². The van der Waals surface area contributed by atoms with E-state index in [2.05, 4.69) is 15.5 Å². The number of carbonyl (C=O) groups is 1. The first-order chi connectivity index (χ1) is 11.2. The van der Waals surface area contributed by atoms with Gasteiger partial charge in [-0.3, -0.25) is 4.79 Å². The summed E-state index contributed by atoms with van der Waals surface area (Å²) in [5.74, 6) is -0.0506. The van der Waals surface area contributed by atoms with Crippen molar-refractivity contribution in [1.82, 2.24) is 10.2 Å². The molecule has 2 aliphatic heterocycles. The van der Waals surface area contributed by atoms with Crippen molar-refractivity contribution in [3.05, 3.63) is 29.8 Å². The van der Waals surface area contributed by atoms with Gasteiger partial charge in [-0.2, -0.15) is 0 Å². The van der Waals surface area contributed by atoms with Crippen LogP contribution in [0.25, 0.3) is 0 Å². The maximum absolute atomic E-state index is 12.4. The van der Waals surface area contributed by atoms with E-state index in [1.807, 2.05) is 24.3 Å². The SMILES string of the molecule is O=C(NCCN1CCC(O)CC1)c1ccccc1NC1COC1. The molecular formula is C17H25N3O3. The van der Waals surface area contributed by atoms with Gasteiger partial charge in [0, 0.05) is 31.9 Å². The molecule has 3 rings (SSSR count). The quantitative estimate of drug-likeness (QED) is 0.719. The van der Waals surface area contributed by atoms with Crippen LogP contribution in [0.4, 0.5) is 5.69 Å². The lowest BCUT2D eigenvalue weighted by atomic mass is 10.1. The van der Waals surface area contributed by atoms with Gasteiger partial charge in [0.15, 0.2) is 0 Å². The van der Waals surface area contributed by atoms with Crippen LogP contribution in [0.3, 0.4) is 0 Å². The Morgan fingerprint density at radius 2 is 2.00 bits per heavy atom. The molecule has 0 aliphatic carbocycles. The Morgan fingerprint density at radius 1 is 1.26 bits per heavy atom. The number of anilines is 1. The predicted molar refractivity (Wildman–Crippen MR) is 88.7 cm³/mol. The molecule has 0 unspecified atom stereocenters. The number of hydrogen-bond donors (Lipinski definition) is 3. The fourth-order valence-electron chi connectivity index (χ4n) is 2.91. The van der Waals surface area contributed by atoms with Crippen LogP contribution in [-0.4, -0.2) is 67.5 Å². The standard InChI is InChI=1S/C17H25N3O3/c21-14-5-8-20(9-6-14)10-7-18-17(22)15-3-1-2-4-16(15)19-13-11-23-12-13/h1-4,13-14,19,21H,5-12H2,(H,18,22). The van der Waals surface area contributed by atoms with E-state index >= 15 is 0 Å². The van der Waals surface area contributed by atoms with E-state index < -0.39 is 0 Å². The lowest BCUT2D eigenvalue weighted by Gasteiger charge is -2.29. The number of benzene rings is 1. The summed E-state index contributed by atoms with van der Waals surface area (Å²) in [6.07, 6.45) is 1.49. The Kier molecular flexibility index (Phi) is 5.48. The second kappa shape index (κ2) is 7.77. The average Bonchev–Trinajstić information content (AvgIpc) is 2.53. The molecule has 1 aromatic carbocycles. The zero-order chi connectivity index (χ0) is 16.1. The first kappa shape index (κ1) is 16.2. The smallest absolute Gasteiger partial charge is 0.253 e. The summed E-state index contributed by atoms with van der Waals surface area (Å²) in [7, 11) is 0. The minimum atomic E-state index is -0.158. The molecule has 0 radical (unpaired) electrons. The first-order valence-electron chi connectivity index (χ1n) is 8.34. The summed E-state index contributed by atoms with van der Waals surface area (Å²) in [4.78, 5) is 14.7. The van der Waals surface area contributed by atoms with Gasteiger partial charge in [0.25, 0.3) is 5.91 Å². The van der Waals surface area contributed by atoms with Crippen LogP contribution in [0.15, 0.2) is 24.3 Å². The number of amides is 1. The van der Waals surface area contributed by atoms with Crippen LogP contribution in [0.2, 0.25) is 0 Å². The number of para-hydroxylation sites is 1. The van der Waals surface area contributed by atoms with Gasteiger partial charge in [-0.15, -0.1) is 0 Å². The number of rotatable bonds is 6. The van der Waals surface area contributed by atoms with Gasteiger partial charge >= 0.3 is 0 Å². The normalized spacial score (nSPS) is 20.0. The highest BCUT2D eigenvalue weighted by Gasteiger charge is 2.21. The Morgan fingerprint density at radius 3 is 2.70 bits per heavy atom. The number of ether oxygens (including phenoxy) is 1. The molecule has 3 N–H and O–H groups in total. The Labute approximate surface area is 136 Å². The third-order valence-electron chi connectivity index (χ3n) is 4.44. The Hall–Kier alpha value is -1.63. The van der Waals surface area contributed by atoms with E-state index in [0.717, 1.165) is 38.2 Å². The van der Waals surface area contributed by atoms with Crippen molar-refractivity contribution in [1.29, 1.82) is 0 Å². The van der Waals surface area contributed by atoms with Crippen LogP contribution in [-0.2, 0) is 4.74 Å². The molecule has 2 fully saturated rings. The zero-order valence-corrected chi connectivity index (χ0v) is 13.3. The second-order valence-corrected chi connectivity index (χ2v) is 6.25. The van der Waals surface area contributed by atoms with E-state index in [-0.39, 0.29) is 12.0 Å². The summed E-state index contributed by atoms with van der Waals surface area (Å²) in [6, 6.07) is 7.87. The summed E-state index contributed by atoms with van der Waals surface area (Å²) < 4.78 is 5.16. The van der Waals surface area contributed by atoms with E-state index in [4.69, 9.17) is 4.74 Å². The van der Waals surface area contributed by atoms with Crippen molar-refractivity contribution in [2.75, 3.05) is 44.7 Å². The number of aliphatic hydroxyl groups is 1. The minimum absolute atomic E-state index is 0.0506. The maximum atomic E-state index is 12.4. The van der Waals surface area contributed by atoms with Gasteiger partial charge in [-0.25, -0.2) is 0 Å². The number of nitrogens with one attached hydrogen (secondary N) is 2. The summed E-state index contributed by atoms with van der Waals surface area (Å²) >= 11 is 0. The molecule has 1 amide bonds. The number of aliphatic hydroxyl groups excluding tert-OH is 1. The van der Waals surface area contributed by atoms with Crippen LogP contribution in [0, 0.1) is 0 Å². The monoisotopic (exact) mass is 319 g/mol. The number of likely N-dealkylation sites (tertiary alicyclic amines) is 1. The van der Waals surface area contributed by atoms with Crippen LogP contribution < -0.4 is 10.6 Å². The van der Waals surface area contributed by atoms with Crippen molar-refractivity contribution in [2.45, 2.75) is 25.0 Å². The van der Waals surface area contributed by atoms with Gasteiger partial charge in [0.1, 0.15) is 0 Å². The average molecular weight is 319 g/mol. The van der Waals surface area contributed by atoms with Gasteiger partial charge in [-0.1, -0.05) is 12.1 Å². The molecule has 2 heterocycles. The van der Waals surface area contributed by atoms with Crippen LogP contribution in [0.1, 0.15) is 23.2 Å². The van der Waals surface area contributed by atoms with Crippen molar-refractivity contribution in [3.8, 4) is 0 Å². The number of nitrogens with zero attached hydrogens (tertiary/aromatic N) is 1. The summed E-state index contributed by atoms with van der Waals surface area (Å²) in [6.45, 7) is 4.63. The first-order valence-corrected chi connectivity index (χ1v) is 8.34. The van der Waals surface area contributed by atoms with Crippen molar-refractivity contribution in [2.24, 2.45) is 0 Å². The molecule has 0 bridgehead atoms. The molecule has 0 aromatic heterocycles. The van der Waals surface area contributed by atoms with Gasteiger partial charge in [-0.05, 0) is 25.0 Å². The number of carbonyl (C=O) groups excluding carboxylic acids is 1. The van der Waals surface area contributed by atoms with Gasteiger partial charge in [0.05, 0.1) is 30.9 Å². The fraction of sp³-hybridized carbons (Fsp3) is 0.588. The Bertz CT molecular complexity index is 526. The molecule has 126 valence electrons. The third-order valence-corrected chi connectivity index (χ3v) is 4.44. The molecule has 2 aliphatic rings. The van der Waals surface area contributed by atoms with Crippen LogP contribution in [0.5, 0.6) is 0 Å². The molecule has 0 saturated carbocycles. The van der Waals surface area contributed by atoms with Crippen molar-refractivity contribution in [3.63, 3.8) is 0 Å². The third kappa shape index (κ3) is 4.43. The predicted octanol–water partition coefficient (Wildman–Crippen LogP) is 0.684. The molecule has 0 spiro atoms. The van der Waals surface area contributed by atoms with Crippen molar-refractivity contribution >= 4 is 11.6 Å². The molecule has 23 heavy (non-hydrogen) atoms. The lowest BCUT2D eigenvalue weighted by molar-refractivity contribution is 0.0210. The lowest BCUT2D eigenvalue weighted by Crippen LogP contribution is -2.42. The highest BCUT2D eigenvalue weighted by atomic mass is 16.5. The summed E-state index contributed by atoms with van der Waals surface area (Å²) in [5, 5.41) is 15.8. The molecule has 2 saturated heterocycles. The Balaban J connectivity index is 1.48. The second-order valence-electron chi connectivity index (χ2n) is 6.25. The maximum Gasteiger partial charge on any atom is 0.253 e. The number of piperidine rings is 1. The van der Waals surface area contributed by atoms with E-state index in [1.165, 1.54) is 0 Å². The summed E-state index contributed by atoms with van der Waals surface area (Å²) in [5.41, 5.74) is 1.54. The fourth-order valence-corrected chi connectivity index (χ4v) is 2.91. The molecular weight excluding hydrogens is 294 g/mol. The molecule has 6 heteroatoms. The highest BCUT2D eigenvalue weighted by molar-refractivity contribution is 5.99. The van der Waals surface area contributed by atoms with Gasteiger partial charge in [0.2, 0.25) is 0 Å². The molecule has 0 atom stereocenters. The van der Waals surface area contributed by atoms with E-state index in [0.29, 0.717) is 31.4 Å². The van der Waals surface area contributed by atoms with Crippen molar-refractivity contribution < 1.29 is 14.6 Å². The van der Waals surface area contributed by atoms with Gasteiger partial charge < -0.3 is 25.4 Å². The topological polar surface area (TPSA) is 73.8 Å². The molecule has 1 aromatic rings. The minimum Gasteiger partial charge on any atom is -0.393 e.